The van der Waals surface area contributed by atoms with Crippen molar-refractivity contribution in [3.05, 3.63) is 42.5 Å². The number of rotatable bonds is 6. The van der Waals surface area contributed by atoms with Crippen LogP contribution in [0.2, 0.25) is 0 Å². The number of aromatic nitrogens is 3. The number of aromatic amines is 1. The van der Waals surface area contributed by atoms with Gasteiger partial charge in [-0.25, -0.2) is 21.6 Å². The fraction of sp³-hybridized carbons (Fsp3) is 0.200. The Morgan fingerprint density at radius 2 is 1.58 bits per heavy atom. The number of sulfonamides is 2. The molecule has 1 fully saturated rings. The van der Waals surface area contributed by atoms with E-state index in [1.807, 2.05) is 0 Å². The minimum Gasteiger partial charge on any atom is -0.280 e. The summed E-state index contributed by atoms with van der Waals surface area (Å²) in [4.78, 5) is -0.226. The predicted molar refractivity (Wildman–Crippen MR) is 94.5 cm³/mol. The lowest BCUT2D eigenvalue weighted by atomic mass is 10.3. The minimum atomic E-state index is -3.96. The molecule has 0 bridgehead atoms. The Morgan fingerprint density at radius 3 is 2.31 bits per heavy atom. The lowest BCUT2D eigenvalue weighted by Crippen LogP contribution is -2.26. The molecule has 0 radical (unpaired) electrons. The zero-order chi connectivity index (χ0) is 18.4. The molecule has 26 heavy (non-hydrogen) atoms. The van der Waals surface area contributed by atoms with Crippen LogP contribution in [0.3, 0.4) is 0 Å². The van der Waals surface area contributed by atoms with Crippen molar-refractivity contribution >= 4 is 36.8 Å². The molecule has 0 aliphatic heterocycles. The van der Waals surface area contributed by atoms with Crippen LogP contribution in [-0.4, -0.2) is 38.3 Å². The van der Waals surface area contributed by atoms with Crippen molar-refractivity contribution in [1.29, 1.82) is 0 Å². The van der Waals surface area contributed by atoms with Gasteiger partial charge in [0.15, 0.2) is 0 Å². The van der Waals surface area contributed by atoms with Gasteiger partial charge in [-0.15, -0.1) is 0 Å². The Balaban J connectivity index is 1.63. The molecule has 9 nitrogen and oxygen atoms in total. The van der Waals surface area contributed by atoms with Crippen LogP contribution in [0.4, 0.5) is 5.69 Å². The predicted octanol–water partition coefficient (Wildman–Crippen LogP) is 1.20. The monoisotopic (exact) mass is 393 g/mol. The van der Waals surface area contributed by atoms with E-state index in [2.05, 4.69) is 24.9 Å². The van der Waals surface area contributed by atoms with E-state index in [1.165, 1.54) is 24.3 Å². The third-order valence-corrected chi connectivity index (χ3v) is 6.79. The van der Waals surface area contributed by atoms with Gasteiger partial charge in [0.2, 0.25) is 10.0 Å². The standard InChI is InChI=1S/C15H15N5O4S2/c21-25(22,18-10-4-5-10)12-2-1-3-13(9-12)26(23,24)19-11-6-7-14-15(8-11)17-20-16-14/h1-3,6-10,18-19H,4-5H2,(H,16,17,20). The zero-order valence-corrected chi connectivity index (χ0v) is 15.0. The number of nitrogens with zero attached hydrogens (tertiary/aromatic N) is 2. The van der Waals surface area contributed by atoms with E-state index >= 15 is 0 Å². The molecule has 1 saturated carbocycles. The first-order valence-electron chi connectivity index (χ1n) is 7.79. The second-order valence-corrected chi connectivity index (χ2v) is 9.40. The van der Waals surface area contributed by atoms with Crippen LogP contribution in [0.15, 0.2) is 52.3 Å². The first-order chi connectivity index (χ1) is 12.3. The van der Waals surface area contributed by atoms with Crippen molar-refractivity contribution in [2.24, 2.45) is 0 Å². The maximum atomic E-state index is 12.6. The minimum absolute atomic E-state index is 0.0624. The molecule has 136 valence electrons. The lowest BCUT2D eigenvalue weighted by Gasteiger charge is -2.10. The molecule has 0 amide bonds. The molecule has 2 aromatic carbocycles. The van der Waals surface area contributed by atoms with Gasteiger partial charge in [0, 0.05) is 6.04 Å². The van der Waals surface area contributed by atoms with Gasteiger partial charge in [-0.2, -0.15) is 15.4 Å². The van der Waals surface area contributed by atoms with Crippen LogP contribution < -0.4 is 9.44 Å². The SMILES string of the molecule is O=S(=O)(Nc1ccc2n[nH]nc2c1)c1cccc(S(=O)(=O)NC2CC2)c1. The first kappa shape index (κ1) is 16.9. The van der Waals surface area contributed by atoms with Crippen LogP contribution in [0.25, 0.3) is 11.0 Å². The molecule has 0 atom stereocenters. The molecule has 0 unspecified atom stereocenters. The van der Waals surface area contributed by atoms with E-state index in [-0.39, 0.29) is 15.8 Å². The lowest BCUT2D eigenvalue weighted by molar-refractivity contribution is 0.580. The summed E-state index contributed by atoms with van der Waals surface area (Å²) < 4.78 is 54.8. The molecule has 3 N–H and O–H groups in total. The van der Waals surface area contributed by atoms with Gasteiger partial charge < -0.3 is 0 Å². The Labute approximate surface area is 149 Å². The summed E-state index contributed by atoms with van der Waals surface area (Å²) in [5.74, 6) is 0. The normalized spacial score (nSPS) is 15.2. The number of nitrogens with one attached hydrogen (secondary N) is 3. The third kappa shape index (κ3) is 3.41. The van der Waals surface area contributed by atoms with Crippen LogP contribution in [-0.2, 0) is 20.0 Å². The topological polar surface area (TPSA) is 134 Å². The summed E-state index contributed by atoms with van der Waals surface area (Å²) in [6.07, 6.45) is 1.59. The molecule has 1 heterocycles. The Morgan fingerprint density at radius 1 is 0.885 bits per heavy atom. The number of anilines is 1. The quantitative estimate of drug-likeness (QED) is 0.576. The van der Waals surface area contributed by atoms with Gasteiger partial charge in [0.05, 0.1) is 15.5 Å². The second kappa shape index (κ2) is 6.04. The van der Waals surface area contributed by atoms with E-state index in [0.717, 1.165) is 18.9 Å². The highest BCUT2D eigenvalue weighted by atomic mass is 32.2. The van der Waals surface area contributed by atoms with Gasteiger partial charge in [-0.3, -0.25) is 4.72 Å². The molecule has 1 aromatic heterocycles. The van der Waals surface area contributed by atoms with Crippen molar-refractivity contribution < 1.29 is 16.8 Å². The summed E-state index contributed by atoms with van der Waals surface area (Å²) >= 11 is 0. The molecule has 3 aromatic rings. The summed E-state index contributed by atoms with van der Waals surface area (Å²) in [5, 5.41) is 10.3. The maximum Gasteiger partial charge on any atom is 0.261 e. The average molecular weight is 393 g/mol. The molecule has 0 spiro atoms. The highest BCUT2D eigenvalue weighted by Gasteiger charge is 2.28. The van der Waals surface area contributed by atoms with Gasteiger partial charge in [0.1, 0.15) is 11.0 Å². The highest BCUT2D eigenvalue weighted by molar-refractivity contribution is 7.93. The van der Waals surface area contributed by atoms with Gasteiger partial charge in [0.25, 0.3) is 10.0 Å². The summed E-state index contributed by atoms with van der Waals surface area (Å²) in [6.45, 7) is 0. The number of hydrogen-bond acceptors (Lipinski definition) is 6. The molecule has 4 rings (SSSR count). The van der Waals surface area contributed by atoms with Gasteiger partial charge >= 0.3 is 0 Å². The largest absolute Gasteiger partial charge is 0.280 e. The van der Waals surface area contributed by atoms with Crippen LogP contribution in [0.1, 0.15) is 12.8 Å². The van der Waals surface area contributed by atoms with E-state index < -0.39 is 20.0 Å². The Hall–Kier alpha value is -2.50. The second-order valence-electron chi connectivity index (χ2n) is 6.00. The van der Waals surface area contributed by atoms with Crippen molar-refractivity contribution in [3.63, 3.8) is 0 Å². The van der Waals surface area contributed by atoms with Crippen LogP contribution >= 0.6 is 0 Å². The zero-order valence-electron chi connectivity index (χ0n) is 13.4. The number of hydrogen-bond donors (Lipinski definition) is 3. The summed E-state index contributed by atoms with van der Waals surface area (Å²) in [6, 6.07) is 9.89. The van der Waals surface area contributed by atoms with Crippen molar-refractivity contribution in [2.75, 3.05) is 4.72 Å². The molecule has 0 saturated heterocycles. The third-order valence-electron chi connectivity index (χ3n) is 3.89. The highest BCUT2D eigenvalue weighted by Crippen LogP contribution is 2.24. The van der Waals surface area contributed by atoms with Crippen LogP contribution in [0.5, 0.6) is 0 Å². The molecule has 1 aliphatic carbocycles. The summed E-state index contributed by atoms with van der Waals surface area (Å²) in [7, 11) is -7.70. The van der Waals surface area contributed by atoms with Crippen molar-refractivity contribution in [2.45, 2.75) is 28.7 Å². The van der Waals surface area contributed by atoms with E-state index in [0.29, 0.717) is 16.7 Å². The number of H-pyrrole nitrogens is 1. The Bertz CT molecular complexity index is 1180. The smallest absolute Gasteiger partial charge is 0.261 e. The van der Waals surface area contributed by atoms with Crippen LogP contribution in [0, 0.1) is 0 Å². The fourth-order valence-corrected chi connectivity index (χ4v) is 4.94. The first-order valence-corrected chi connectivity index (χ1v) is 10.8. The number of benzene rings is 2. The molecular weight excluding hydrogens is 378 g/mol. The van der Waals surface area contributed by atoms with Crippen molar-refractivity contribution in [1.82, 2.24) is 20.1 Å². The van der Waals surface area contributed by atoms with Gasteiger partial charge in [-0.05, 0) is 49.2 Å². The maximum absolute atomic E-state index is 12.6. The van der Waals surface area contributed by atoms with Crippen molar-refractivity contribution in [3.8, 4) is 0 Å². The summed E-state index contributed by atoms with van der Waals surface area (Å²) in [5.41, 5.74) is 1.41. The van der Waals surface area contributed by atoms with E-state index in [1.54, 1.807) is 12.1 Å². The number of fused-ring (bicyclic) bond motifs is 1. The molecular formula is C15H15N5O4S2. The Kier molecular flexibility index (Phi) is 3.93. The van der Waals surface area contributed by atoms with E-state index in [4.69, 9.17) is 0 Å². The van der Waals surface area contributed by atoms with Gasteiger partial charge in [-0.1, -0.05) is 6.07 Å². The average Bonchev–Trinajstić information content (AvgIpc) is 3.27. The van der Waals surface area contributed by atoms with E-state index in [9.17, 15) is 16.8 Å². The fourth-order valence-electron chi connectivity index (χ4n) is 2.42. The molecule has 1 aliphatic rings. The molecule has 11 heteroatoms.